The number of nitrogens with two attached hydrogens (primary N) is 1. The first kappa shape index (κ1) is 15.3. The van der Waals surface area contributed by atoms with Crippen LogP contribution >= 0.6 is 23.2 Å². The maximum atomic E-state index is 11.9. The molecule has 1 aromatic carbocycles. The monoisotopic (exact) mass is 288 g/mol. The van der Waals surface area contributed by atoms with Gasteiger partial charge in [0.1, 0.15) is 0 Å². The molecule has 1 amide bonds. The quantitative estimate of drug-likeness (QED) is 0.874. The van der Waals surface area contributed by atoms with Gasteiger partial charge in [-0.2, -0.15) is 0 Å². The Bertz CT molecular complexity index is 419. The molecule has 100 valence electrons. The van der Waals surface area contributed by atoms with Gasteiger partial charge >= 0.3 is 0 Å². The van der Waals surface area contributed by atoms with Crippen molar-refractivity contribution in [1.29, 1.82) is 0 Å². The molecule has 1 rings (SSSR count). The highest BCUT2D eigenvalue weighted by molar-refractivity contribution is 6.35. The highest BCUT2D eigenvalue weighted by atomic mass is 35.5. The number of nitrogens with one attached hydrogen (secondary N) is 1. The summed E-state index contributed by atoms with van der Waals surface area (Å²) in [7, 11) is 0. The first-order chi connectivity index (χ1) is 8.49. The average molecular weight is 289 g/mol. The first-order valence-electron chi connectivity index (χ1n) is 5.95. The Morgan fingerprint density at radius 3 is 2.61 bits per heavy atom. The molecule has 0 aliphatic rings. The fraction of sp³-hybridized carbons (Fsp3) is 0.462. The van der Waals surface area contributed by atoms with Crippen LogP contribution in [0.25, 0.3) is 0 Å². The van der Waals surface area contributed by atoms with Crippen LogP contribution in [0.2, 0.25) is 10.0 Å². The summed E-state index contributed by atoms with van der Waals surface area (Å²) in [5, 5.41) is 4.04. The van der Waals surface area contributed by atoms with Gasteiger partial charge in [-0.05, 0) is 31.0 Å². The zero-order chi connectivity index (χ0) is 13.7. The van der Waals surface area contributed by atoms with E-state index in [1.54, 1.807) is 12.1 Å². The summed E-state index contributed by atoms with van der Waals surface area (Å²) >= 11 is 11.9. The Kier molecular flexibility index (Phi) is 5.93. The second kappa shape index (κ2) is 6.98. The highest BCUT2D eigenvalue weighted by Crippen LogP contribution is 2.26. The Morgan fingerprint density at radius 1 is 1.44 bits per heavy atom. The molecule has 0 aliphatic carbocycles. The fourth-order valence-electron chi connectivity index (χ4n) is 1.72. The van der Waals surface area contributed by atoms with Crippen molar-refractivity contribution < 1.29 is 4.79 Å². The van der Waals surface area contributed by atoms with Crippen LogP contribution in [0.4, 0.5) is 0 Å². The van der Waals surface area contributed by atoms with Crippen molar-refractivity contribution >= 4 is 29.1 Å². The fourth-order valence-corrected chi connectivity index (χ4v) is 2.29. The van der Waals surface area contributed by atoms with E-state index in [9.17, 15) is 4.79 Å². The van der Waals surface area contributed by atoms with Crippen LogP contribution in [0.15, 0.2) is 18.2 Å². The van der Waals surface area contributed by atoms with Crippen LogP contribution in [-0.2, 0) is 4.79 Å². The molecule has 5 heteroatoms. The van der Waals surface area contributed by atoms with E-state index in [1.165, 1.54) is 0 Å². The SMILES string of the molecule is CCC(CN)C(=O)NC(C)c1ccc(Cl)cc1Cl. The Labute approximate surface area is 118 Å². The number of carbonyl (C=O) groups excluding carboxylic acids is 1. The Morgan fingerprint density at radius 2 is 2.11 bits per heavy atom. The zero-order valence-electron chi connectivity index (χ0n) is 10.5. The zero-order valence-corrected chi connectivity index (χ0v) is 12.1. The number of amides is 1. The van der Waals surface area contributed by atoms with Gasteiger partial charge in [0, 0.05) is 22.5 Å². The van der Waals surface area contributed by atoms with Crippen molar-refractivity contribution in [2.45, 2.75) is 26.3 Å². The van der Waals surface area contributed by atoms with E-state index in [0.717, 1.165) is 12.0 Å². The minimum atomic E-state index is -0.164. The lowest BCUT2D eigenvalue weighted by molar-refractivity contribution is -0.125. The molecule has 2 atom stereocenters. The Balaban J connectivity index is 2.76. The van der Waals surface area contributed by atoms with Gasteiger partial charge in [0.05, 0.1) is 6.04 Å². The van der Waals surface area contributed by atoms with Crippen molar-refractivity contribution in [3.05, 3.63) is 33.8 Å². The van der Waals surface area contributed by atoms with Crippen LogP contribution in [-0.4, -0.2) is 12.5 Å². The maximum absolute atomic E-state index is 11.9. The normalized spacial score (nSPS) is 14.1. The Hall–Kier alpha value is -0.770. The number of halogens is 2. The van der Waals surface area contributed by atoms with Gasteiger partial charge in [0.25, 0.3) is 0 Å². The van der Waals surface area contributed by atoms with Gasteiger partial charge in [0.2, 0.25) is 5.91 Å². The molecule has 0 saturated carbocycles. The molecule has 0 aromatic heterocycles. The smallest absolute Gasteiger partial charge is 0.224 e. The lowest BCUT2D eigenvalue weighted by Gasteiger charge is -2.19. The third-order valence-corrected chi connectivity index (χ3v) is 3.50. The molecule has 0 heterocycles. The molecule has 18 heavy (non-hydrogen) atoms. The number of carbonyl (C=O) groups is 1. The van der Waals surface area contributed by atoms with Gasteiger partial charge in [-0.15, -0.1) is 0 Å². The highest BCUT2D eigenvalue weighted by Gasteiger charge is 2.18. The van der Waals surface area contributed by atoms with Crippen LogP contribution in [0, 0.1) is 5.92 Å². The van der Waals surface area contributed by atoms with E-state index in [2.05, 4.69) is 5.32 Å². The molecule has 0 spiro atoms. The summed E-state index contributed by atoms with van der Waals surface area (Å²) < 4.78 is 0. The maximum Gasteiger partial charge on any atom is 0.224 e. The second-order valence-electron chi connectivity index (χ2n) is 4.24. The van der Waals surface area contributed by atoms with Crippen molar-refractivity contribution in [3.63, 3.8) is 0 Å². The molecule has 3 N–H and O–H groups in total. The summed E-state index contributed by atoms with van der Waals surface area (Å²) in [5.41, 5.74) is 6.39. The van der Waals surface area contributed by atoms with E-state index >= 15 is 0 Å². The van der Waals surface area contributed by atoms with Gasteiger partial charge in [-0.1, -0.05) is 36.2 Å². The summed E-state index contributed by atoms with van der Waals surface area (Å²) in [6.45, 7) is 4.18. The van der Waals surface area contributed by atoms with E-state index in [0.29, 0.717) is 16.6 Å². The van der Waals surface area contributed by atoms with Gasteiger partial charge < -0.3 is 11.1 Å². The lowest BCUT2D eigenvalue weighted by atomic mass is 10.0. The minimum Gasteiger partial charge on any atom is -0.349 e. The number of hydrogen-bond donors (Lipinski definition) is 2. The van der Waals surface area contributed by atoms with E-state index in [4.69, 9.17) is 28.9 Å². The summed E-state index contributed by atoms with van der Waals surface area (Å²) in [4.78, 5) is 11.9. The first-order valence-corrected chi connectivity index (χ1v) is 6.70. The molecule has 0 bridgehead atoms. The van der Waals surface area contributed by atoms with E-state index in [-0.39, 0.29) is 17.9 Å². The van der Waals surface area contributed by atoms with Gasteiger partial charge in [-0.3, -0.25) is 4.79 Å². The third-order valence-electron chi connectivity index (χ3n) is 2.94. The molecular formula is C13H18Cl2N2O. The molecular weight excluding hydrogens is 271 g/mol. The minimum absolute atomic E-state index is 0.0430. The second-order valence-corrected chi connectivity index (χ2v) is 5.08. The van der Waals surface area contributed by atoms with Gasteiger partial charge in [-0.25, -0.2) is 0 Å². The molecule has 2 unspecified atom stereocenters. The molecule has 3 nitrogen and oxygen atoms in total. The van der Waals surface area contributed by atoms with E-state index in [1.807, 2.05) is 19.9 Å². The lowest BCUT2D eigenvalue weighted by Crippen LogP contribution is -2.36. The van der Waals surface area contributed by atoms with Crippen LogP contribution in [0.3, 0.4) is 0 Å². The van der Waals surface area contributed by atoms with Crippen molar-refractivity contribution in [2.24, 2.45) is 11.7 Å². The third kappa shape index (κ3) is 3.87. The largest absolute Gasteiger partial charge is 0.349 e. The molecule has 0 saturated heterocycles. The summed E-state index contributed by atoms with van der Waals surface area (Å²) in [6, 6.07) is 5.08. The topological polar surface area (TPSA) is 55.1 Å². The predicted molar refractivity (Wildman–Crippen MR) is 75.9 cm³/mol. The number of benzene rings is 1. The van der Waals surface area contributed by atoms with Crippen molar-refractivity contribution in [3.8, 4) is 0 Å². The van der Waals surface area contributed by atoms with Crippen LogP contribution < -0.4 is 11.1 Å². The standard InChI is InChI=1S/C13H18Cl2N2O/c1-3-9(7-16)13(18)17-8(2)11-5-4-10(14)6-12(11)15/h4-6,8-9H,3,7,16H2,1-2H3,(H,17,18). The molecule has 0 aliphatic heterocycles. The molecule has 1 aromatic rings. The summed E-state index contributed by atoms with van der Waals surface area (Å²) in [5.74, 6) is -0.197. The number of hydrogen-bond acceptors (Lipinski definition) is 2. The van der Waals surface area contributed by atoms with Crippen molar-refractivity contribution in [1.82, 2.24) is 5.32 Å². The van der Waals surface area contributed by atoms with Gasteiger partial charge in [0.15, 0.2) is 0 Å². The van der Waals surface area contributed by atoms with Crippen molar-refractivity contribution in [2.75, 3.05) is 6.54 Å². The van der Waals surface area contributed by atoms with Crippen LogP contribution in [0.1, 0.15) is 31.9 Å². The van der Waals surface area contributed by atoms with Crippen LogP contribution in [0.5, 0.6) is 0 Å². The molecule has 0 radical (unpaired) electrons. The predicted octanol–water partition coefficient (Wildman–Crippen LogP) is 3.16. The number of rotatable bonds is 5. The summed E-state index contributed by atoms with van der Waals surface area (Å²) in [6.07, 6.45) is 0.726. The molecule has 0 fully saturated rings. The average Bonchev–Trinajstić information content (AvgIpc) is 2.30. The van der Waals surface area contributed by atoms with E-state index < -0.39 is 0 Å².